The fourth-order valence-electron chi connectivity index (χ4n) is 2.69. The van der Waals surface area contributed by atoms with E-state index in [9.17, 15) is 9.59 Å². The Hall–Kier alpha value is -2.53. The van der Waals surface area contributed by atoms with Gasteiger partial charge in [-0.1, -0.05) is 41.9 Å². The maximum Gasteiger partial charge on any atom is 0.228 e. The molecule has 0 spiro atoms. The van der Waals surface area contributed by atoms with E-state index in [1.165, 1.54) is 7.11 Å². The van der Waals surface area contributed by atoms with Crippen LogP contribution in [0.1, 0.15) is 12.0 Å². The molecule has 0 bridgehead atoms. The Bertz CT molecular complexity index is 779. The normalized spacial score (nSPS) is 18.3. The number of ether oxygens (including phenoxy) is 1. The fraction of sp³-hybridized carbons (Fsp3) is 0.263. The van der Waals surface area contributed by atoms with Crippen molar-refractivity contribution in [2.24, 2.45) is 11.8 Å². The molecule has 0 aliphatic heterocycles. The summed E-state index contributed by atoms with van der Waals surface area (Å²) in [4.78, 5) is 24.5. The van der Waals surface area contributed by atoms with Gasteiger partial charge >= 0.3 is 0 Å². The maximum absolute atomic E-state index is 12.4. The summed E-state index contributed by atoms with van der Waals surface area (Å²) >= 11 is 5.96. The van der Waals surface area contributed by atoms with Gasteiger partial charge in [0.05, 0.1) is 24.6 Å². The summed E-state index contributed by atoms with van der Waals surface area (Å²) in [6.07, 6.45) is 0.551. The number of anilines is 1. The average Bonchev–Trinajstić information content (AvgIpc) is 3.42. The topological polar surface area (TPSA) is 67.4 Å². The SMILES string of the molecule is COc1ccc(Cl)cc1NC(=O)C1CC1C(=O)NCc1ccccc1. The second-order valence-corrected chi connectivity index (χ2v) is 6.42. The molecule has 130 valence electrons. The molecule has 2 N–H and O–H groups in total. The van der Waals surface area contributed by atoms with Crippen LogP contribution in [0, 0.1) is 11.8 Å². The third-order valence-corrected chi connectivity index (χ3v) is 4.43. The molecule has 25 heavy (non-hydrogen) atoms. The van der Waals surface area contributed by atoms with Gasteiger partial charge in [-0.05, 0) is 30.2 Å². The van der Waals surface area contributed by atoms with Gasteiger partial charge in [-0.3, -0.25) is 9.59 Å². The van der Waals surface area contributed by atoms with Gasteiger partial charge in [0.2, 0.25) is 11.8 Å². The van der Waals surface area contributed by atoms with Crippen LogP contribution in [0.25, 0.3) is 0 Å². The average molecular weight is 359 g/mol. The molecule has 3 rings (SSSR count). The van der Waals surface area contributed by atoms with E-state index in [-0.39, 0.29) is 23.7 Å². The molecular weight excluding hydrogens is 340 g/mol. The second kappa shape index (κ2) is 7.57. The summed E-state index contributed by atoms with van der Waals surface area (Å²) in [6, 6.07) is 14.7. The van der Waals surface area contributed by atoms with Gasteiger partial charge < -0.3 is 15.4 Å². The van der Waals surface area contributed by atoms with Gasteiger partial charge in [-0.25, -0.2) is 0 Å². The molecule has 1 fully saturated rings. The molecule has 0 aromatic heterocycles. The van der Waals surface area contributed by atoms with Crippen molar-refractivity contribution in [3.8, 4) is 5.75 Å². The van der Waals surface area contributed by atoms with Gasteiger partial charge in [0.15, 0.2) is 0 Å². The number of carbonyl (C=O) groups is 2. The second-order valence-electron chi connectivity index (χ2n) is 5.99. The van der Waals surface area contributed by atoms with Crippen LogP contribution < -0.4 is 15.4 Å². The van der Waals surface area contributed by atoms with Crippen molar-refractivity contribution >= 4 is 29.1 Å². The minimum atomic E-state index is -0.320. The van der Waals surface area contributed by atoms with Crippen molar-refractivity contribution in [1.82, 2.24) is 5.32 Å². The first-order valence-electron chi connectivity index (χ1n) is 8.04. The number of halogens is 1. The van der Waals surface area contributed by atoms with E-state index < -0.39 is 0 Å². The molecule has 2 aromatic rings. The van der Waals surface area contributed by atoms with Gasteiger partial charge in [-0.2, -0.15) is 0 Å². The number of hydrogen-bond donors (Lipinski definition) is 2. The number of carbonyl (C=O) groups excluding carboxylic acids is 2. The highest BCUT2D eigenvalue weighted by molar-refractivity contribution is 6.31. The van der Waals surface area contributed by atoms with Crippen molar-refractivity contribution in [2.75, 3.05) is 12.4 Å². The Morgan fingerprint density at radius 2 is 1.84 bits per heavy atom. The van der Waals surface area contributed by atoms with Gasteiger partial charge in [0, 0.05) is 11.6 Å². The number of nitrogens with one attached hydrogen (secondary N) is 2. The Kier molecular flexibility index (Phi) is 5.24. The molecule has 5 nitrogen and oxygen atoms in total. The zero-order valence-corrected chi connectivity index (χ0v) is 14.5. The van der Waals surface area contributed by atoms with Crippen molar-refractivity contribution in [3.05, 3.63) is 59.1 Å². The first kappa shape index (κ1) is 17.3. The van der Waals surface area contributed by atoms with Gasteiger partial charge in [-0.15, -0.1) is 0 Å². The van der Waals surface area contributed by atoms with Crippen LogP contribution in [-0.4, -0.2) is 18.9 Å². The van der Waals surface area contributed by atoms with Crippen LogP contribution in [0.15, 0.2) is 48.5 Å². The monoisotopic (exact) mass is 358 g/mol. The molecule has 0 radical (unpaired) electrons. The van der Waals surface area contributed by atoms with E-state index in [4.69, 9.17) is 16.3 Å². The first-order valence-corrected chi connectivity index (χ1v) is 8.42. The lowest BCUT2D eigenvalue weighted by atomic mass is 10.2. The fourth-order valence-corrected chi connectivity index (χ4v) is 2.87. The summed E-state index contributed by atoms with van der Waals surface area (Å²) in [7, 11) is 1.52. The van der Waals surface area contributed by atoms with Crippen molar-refractivity contribution in [1.29, 1.82) is 0 Å². The van der Waals surface area contributed by atoms with Crippen LogP contribution in [0.2, 0.25) is 5.02 Å². The smallest absolute Gasteiger partial charge is 0.228 e. The molecule has 2 aromatic carbocycles. The molecule has 1 aliphatic rings. The van der Waals surface area contributed by atoms with E-state index in [0.29, 0.717) is 29.4 Å². The summed E-state index contributed by atoms with van der Waals surface area (Å²) in [5.41, 5.74) is 1.54. The van der Waals surface area contributed by atoms with E-state index in [1.54, 1.807) is 18.2 Å². The Labute approximate surface area is 151 Å². The minimum absolute atomic E-state index is 0.0953. The highest BCUT2D eigenvalue weighted by Gasteiger charge is 2.48. The number of benzene rings is 2. The van der Waals surface area contributed by atoms with Crippen LogP contribution in [-0.2, 0) is 16.1 Å². The lowest BCUT2D eigenvalue weighted by Gasteiger charge is -2.10. The van der Waals surface area contributed by atoms with Gasteiger partial charge in [0.25, 0.3) is 0 Å². The molecule has 2 atom stereocenters. The molecule has 1 saturated carbocycles. The molecule has 2 unspecified atom stereocenters. The number of rotatable bonds is 6. The van der Waals surface area contributed by atoms with Crippen LogP contribution in [0.4, 0.5) is 5.69 Å². The standard InChI is InChI=1S/C19H19ClN2O3/c1-25-17-8-7-13(20)9-16(17)22-19(24)15-10-14(15)18(23)21-11-12-5-3-2-4-6-12/h2-9,14-15H,10-11H2,1H3,(H,21,23)(H,22,24). The quantitative estimate of drug-likeness (QED) is 0.833. The van der Waals surface area contributed by atoms with E-state index in [1.807, 2.05) is 30.3 Å². The molecule has 2 amide bonds. The molecule has 1 aliphatic carbocycles. The van der Waals surface area contributed by atoms with Crippen molar-refractivity contribution in [3.63, 3.8) is 0 Å². The van der Waals surface area contributed by atoms with Gasteiger partial charge in [0.1, 0.15) is 5.75 Å². The Balaban J connectivity index is 1.53. The Morgan fingerprint density at radius 3 is 2.56 bits per heavy atom. The minimum Gasteiger partial charge on any atom is -0.495 e. The highest BCUT2D eigenvalue weighted by atomic mass is 35.5. The first-order chi connectivity index (χ1) is 12.1. The zero-order chi connectivity index (χ0) is 17.8. The molecule has 0 heterocycles. The van der Waals surface area contributed by atoms with Crippen LogP contribution in [0.5, 0.6) is 5.75 Å². The number of hydrogen-bond acceptors (Lipinski definition) is 3. The number of methoxy groups -OCH3 is 1. The van der Waals surface area contributed by atoms with E-state index in [0.717, 1.165) is 5.56 Å². The largest absolute Gasteiger partial charge is 0.495 e. The van der Waals surface area contributed by atoms with E-state index >= 15 is 0 Å². The van der Waals surface area contributed by atoms with Crippen LogP contribution >= 0.6 is 11.6 Å². The van der Waals surface area contributed by atoms with Crippen molar-refractivity contribution in [2.45, 2.75) is 13.0 Å². The zero-order valence-electron chi connectivity index (χ0n) is 13.8. The lowest BCUT2D eigenvalue weighted by Crippen LogP contribution is -2.27. The number of amides is 2. The summed E-state index contributed by atoms with van der Waals surface area (Å²) in [5.74, 6) is -0.362. The maximum atomic E-state index is 12.4. The van der Waals surface area contributed by atoms with Crippen molar-refractivity contribution < 1.29 is 14.3 Å². The summed E-state index contributed by atoms with van der Waals surface area (Å²) < 4.78 is 5.21. The molecular formula is C19H19ClN2O3. The Morgan fingerprint density at radius 1 is 1.12 bits per heavy atom. The molecule has 0 saturated heterocycles. The summed E-state index contributed by atoms with van der Waals surface area (Å²) in [5, 5.41) is 6.17. The molecule has 6 heteroatoms. The third kappa shape index (κ3) is 4.31. The third-order valence-electron chi connectivity index (χ3n) is 4.19. The van der Waals surface area contributed by atoms with E-state index in [2.05, 4.69) is 10.6 Å². The predicted octanol–water partition coefficient (Wildman–Crippen LogP) is 3.24. The lowest BCUT2D eigenvalue weighted by molar-refractivity contribution is -0.125. The predicted molar refractivity (Wildman–Crippen MR) is 96.5 cm³/mol. The van der Waals surface area contributed by atoms with Crippen LogP contribution in [0.3, 0.4) is 0 Å². The summed E-state index contributed by atoms with van der Waals surface area (Å²) in [6.45, 7) is 0.465. The highest BCUT2D eigenvalue weighted by Crippen LogP contribution is 2.40.